The highest BCUT2D eigenvalue weighted by Gasteiger charge is 1.99. The summed E-state index contributed by atoms with van der Waals surface area (Å²) >= 11 is 1.73. The summed E-state index contributed by atoms with van der Waals surface area (Å²) in [5.74, 6) is 1.19. The molecule has 0 unspecified atom stereocenters. The fourth-order valence-corrected chi connectivity index (χ4v) is 1.14. The van der Waals surface area contributed by atoms with Gasteiger partial charge in [0.15, 0.2) is 0 Å². The first kappa shape index (κ1) is 4.06. The number of rotatable bonds is 0. The summed E-state index contributed by atoms with van der Waals surface area (Å²) in [5, 5.41) is 0. The fourth-order valence-electron chi connectivity index (χ4n) is 0.378. The van der Waals surface area contributed by atoms with Gasteiger partial charge in [0.2, 0.25) is 0 Å². The van der Waals surface area contributed by atoms with Gasteiger partial charge in [-0.05, 0) is 6.42 Å². The molecule has 1 N–H and O–H groups in total. The summed E-state index contributed by atoms with van der Waals surface area (Å²) in [5.41, 5.74) is 1.17. The predicted molar refractivity (Wildman–Crippen MR) is 29.4 cm³/mol. The van der Waals surface area contributed by atoms with Gasteiger partial charge < -0.3 is 4.72 Å². The van der Waals surface area contributed by atoms with E-state index >= 15 is 0 Å². The van der Waals surface area contributed by atoms with Gasteiger partial charge in [-0.1, -0.05) is 18.5 Å². The van der Waals surface area contributed by atoms with E-state index in [1.165, 1.54) is 11.4 Å². The van der Waals surface area contributed by atoms with Crippen LogP contribution in [0.15, 0.2) is 12.3 Å². The monoisotopic (exact) mass is 101 g/mol. The molecule has 0 spiro atoms. The zero-order chi connectivity index (χ0) is 4.41. The molecule has 0 aliphatic carbocycles. The van der Waals surface area contributed by atoms with Crippen molar-refractivity contribution in [1.82, 2.24) is 4.72 Å². The largest absolute Gasteiger partial charge is 0.334 e. The summed E-state index contributed by atoms with van der Waals surface area (Å²) in [6.07, 6.45) is 1.14. The standard InChI is InChI=1S/C4H7NS/c1-4-2-3-6-5-4/h5H,1-3H2. The second kappa shape index (κ2) is 1.56. The molecule has 2 heteroatoms. The van der Waals surface area contributed by atoms with Gasteiger partial charge in [0.05, 0.1) is 0 Å². The van der Waals surface area contributed by atoms with E-state index in [1.54, 1.807) is 11.9 Å². The highest BCUT2D eigenvalue weighted by molar-refractivity contribution is 7.97. The van der Waals surface area contributed by atoms with E-state index in [1.807, 2.05) is 0 Å². The molecule has 1 fully saturated rings. The van der Waals surface area contributed by atoms with E-state index < -0.39 is 0 Å². The molecule has 0 aromatic rings. The van der Waals surface area contributed by atoms with Crippen LogP contribution in [0.25, 0.3) is 0 Å². The summed E-state index contributed by atoms with van der Waals surface area (Å²) in [7, 11) is 0. The van der Waals surface area contributed by atoms with Gasteiger partial charge in [-0.25, -0.2) is 0 Å². The van der Waals surface area contributed by atoms with Gasteiger partial charge in [-0.2, -0.15) is 0 Å². The summed E-state index contributed by atoms with van der Waals surface area (Å²) in [4.78, 5) is 0. The fraction of sp³-hybridized carbons (Fsp3) is 0.500. The molecule has 1 aliphatic heterocycles. The maximum Gasteiger partial charge on any atom is 0.0187 e. The Morgan fingerprint density at radius 3 is 2.83 bits per heavy atom. The zero-order valence-electron chi connectivity index (χ0n) is 3.53. The highest BCUT2D eigenvalue weighted by atomic mass is 32.2. The molecule has 0 radical (unpaired) electrons. The Labute approximate surface area is 41.9 Å². The van der Waals surface area contributed by atoms with Crippen molar-refractivity contribution in [3.05, 3.63) is 12.3 Å². The summed E-state index contributed by atoms with van der Waals surface area (Å²) in [6.45, 7) is 3.72. The minimum Gasteiger partial charge on any atom is -0.334 e. The van der Waals surface area contributed by atoms with Gasteiger partial charge in [0.1, 0.15) is 0 Å². The smallest absolute Gasteiger partial charge is 0.0187 e. The third kappa shape index (κ3) is 0.684. The van der Waals surface area contributed by atoms with E-state index in [-0.39, 0.29) is 0 Å². The quantitative estimate of drug-likeness (QED) is 0.459. The zero-order valence-corrected chi connectivity index (χ0v) is 4.35. The Bertz CT molecular complexity index is 61.9. The highest BCUT2D eigenvalue weighted by Crippen LogP contribution is 2.12. The van der Waals surface area contributed by atoms with E-state index in [9.17, 15) is 0 Å². The molecular formula is C4H7NS. The van der Waals surface area contributed by atoms with Crippen molar-refractivity contribution in [2.24, 2.45) is 0 Å². The Kier molecular flexibility index (Phi) is 1.05. The van der Waals surface area contributed by atoms with Crippen molar-refractivity contribution in [3.63, 3.8) is 0 Å². The molecule has 1 saturated heterocycles. The van der Waals surface area contributed by atoms with Crippen LogP contribution in [0.1, 0.15) is 6.42 Å². The van der Waals surface area contributed by atoms with Crippen LogP contribution in [0.3, 0.4) is 0 Å². The van der Waals surface area contributed by atoms with Crippen molar-refractivity contribution in [2.75, 3.05) is 5.75 Å². The topological polar surface area (TPSA) is 12.0 Å². The average molecular weight is 101 g/mol. The van der Waals surface area contributed by atoms with Crippen molar-refractivity contribution >= 4 is 11.9 Å². The van der Waals surface area contributed by atoms with Crippen LogP contribution >= 0.6 is 11.9 Å². The maximum atomic E-state index is 3.72. The third-order valence-electron chi connectivity index (χ3n) is 0.722. The van der Waals surface area contributed by atoms with Crippen molar-refractivity contribution in [2.45, 2.75) is 6.42 Å². The molecule has 0 saturated carbocycles. The van der Waals surface area contributed by atoms with Crippen LogP contribution in [0.4, 0.5) is 0 Å². The van der Waals surface area contributed by atoms with Gasteiger partial charge in [-0.15, -0.1) is 0 Å². The third-order valence-corrected chi connectivity index (χ3v) is 1.56. The van der Waals surface area contributed by atoms with Crippen molar-refractivity contribution in [1.29, 1.82) is 0 Å². The average Bonchev–Trinajstić information content (AvgIpc) is 1.86. The summed E-state index contributed by atoms with van der Waals surface area (Å²) < 4.78 is 3.04. The van der Waals surface area contributed by atoms with Crippen molar-refractivity contribution < 1.29 is 0 Å². The van der Waals surface area contributed by atoms with Gasteiger partial charge in [-0.3, -0.25) is 0 Å². The molecule has 0 aromatic carbocycles. The lowest BCUT2D eigenvalue weighted by atomic mass is 10.4. The first-order chi connectivity index (χ1) is 2.89. The molecule has 0 bridgehead atoms. The second-order valence-corrected chi connectivity index (χ2v) is 2.21. The van der Waals surface area contributed by atoms with E-state index in [4.69, 9.17) is 0 Å². The minimum absolute atomic E-state index is 1.14. The first-order valence-electron chi connectivity index (χ1n) is 1.95. The lowest BCUT2D eigenvalue weighted by Crippen LogP contribution is -1.88. The second-order valence-electron chi connectivity index (χ2n) is 1.30. The normalized spacial score (nSPS) is 21.0. The Morgan fingerprint density at radius 1 is 1.83 bits per heavy atom. The SMILES string of the molecule is C=C1CCSN1. The van der Waals surface area contributed by atoms with E-state index in [2.05, 4.69) is 11.3 Å². The molecule has 0 amide bonds. The van der Waals surface area contributed by atoms with Crippen LogP contribution in [-0.2, 0) is 0 Å². The number of nitrogens with one attached hydrogen (secondary N) is 1. The van der Waals surface area contributed by atoms with Gasteiger partial charge in [0, 0.05) is 11.4 Å². The molecule has 34 valence electrons. The van der Waals surface area contributed by atoms with Crippen LogP contribution in [0.2, 0.25) is 0 Å². The van der Waals surface area contributed by atoms with Crippen LogP contribution in [0.5, 0.6) is 0 Å². The Morgan fingerprint density at radius 2 is 2.67 bits per heavy atom. The van der Waals surface area contributed by atoms with Crippen molar-refractivity contribution in [3.8, 4) is 0 Å². The van der Waals surface area contributed by atoms with E-state index in [0.717, 1.165) is 6.42 Å². The molecule has 1 heterocycles. The molecule has 6 heavy (non-hydrogen) atoms. The van der Waals surface area contributed by atoms with Crippen LogP contribution in [0, 0.1) is 0 Å². The summed E-state index contributed by atoms with van der Waals surface area (Å²) in [6, 6.07) is 0. The molecule has 0 atom stereocenters. The number of hydrogen-bond acceptors (Lipinski definition) is 2. The molecule has 1 nitrogen and oxygen atoms in total. The lowest BCUT2D eigenvalue weighted by molar-refractivity contribution is 1.10. The molecule has 1 rings (SSSR count). The molecule has 0 aromatic heterocycles. The Balaban J connectivity index is 2.37. The van der Waals surface area contributed by atoms with Gasteiger partial charge >= 0.3 is 0 Å². The molecular weight excluding hydrogens is 94.1 g/mol. The van der Waals surface area contributed by atoms with Crippen LogP contribution in [-0.4, -0.2) is 5.75 Å². The van der Waals surface area contributed by atoms with Gasteiger partial charge in [0.25, 0.3) is 0 Å². The first-order valence-corrected chi connectivity index (χ1v) is 2.94. The minimum atomic E-state index is 1.14. The van der Waals surface area contributed by atoms with E-state index in [0.29, 0.717) is 0 Å². The predicted octanol–water partition coefficient (Wildman–Crippen LogP) is 1.14. The Hall–Kier alpha value is -0.110. The molecule has 1 aliphatic rings. The lowest BCUT2D eigenvalue weighted by Gasteiger charge is -1.85. The number of allylic oxidation sites excluding steroid dienone is 1. The maximum absolute atomic E-state index is 3.72. The number of hydrogen-bond donors (Lipinski definition) is 1. The van der Waals surface area contributed by atoms with Crippen LogP contribution < -0.4 is 4.72 Å².